The number of ether oxygens (including phenoxy) is 1. The largest absolute Gasteiger partial charge is 0.454 e. The van der Waals surface area contributed by atoms with Crippen LogP contribution in [0, 0.1) is 6.92 Å². The van der Waals surface area contributed by atoms with Crippen LogP contribution in [0.2, 0.25) is 0 Å². The molecule has 1 aliphatic rings. The Kier molecular flexibility index (Phi) is 4.61. The second-order valence-electron chi connectivity index (χ2n) is 5.57. The van der Waals surface area contributed by atoms with Gasteiger partial charge >= 0.3 is 0 Å². The Morgan fingerprint density at radius 1 is 1.46 bits per heavy atom. The van der Waals surface area contributed by atoms with Crippen LogP contribution < -0.4 is 5.32 Å². The number of aromatic amines is 1. The molecule has 1 aliphatic heterocycles. The summed E-state index contributed by atoms with van der Waals surface area (Å²) in [4.78, 5) is 29.4. The maximum Gasteiger partial charge on any atom is 0.289 e. The van der Waals surface area contributed by atoms with Gasteiger partial charge in [-0.15, -0.1) is 0 Å². The Labute approximate surface area is 138 Å². The second kappa shape index (κ2) is 6.83. The number of nitrogens with zero attached hydrogens (tertiary/aromatic N) is 3. The molecule has 2 amide bonds. The standard InChI is InChI=1S/C15H19N5O4/c1-9-17-14(19-18-9)13-8-20(5-6-23-13)15(22)12-4-3-11(24-12)7-16-10(2)21/h3-4,13H,5-8H2,1-2H3,(H,16,21)(H,17,18,19)/t13-/m0/s1. The van der Waals surface area contributed by atoms with Crippen LogP contribution in [0.4, 0.5) is 0 Å². The van der Waals surface area contributed by atoms with E-state index >= 15 is 0 Å². The molecule has 1 atom stereocenters. The molecule has 3 heterocycles. The molecule has 0 spiro atoms. The molecule has 0 saturated carbocycles. The average Bonchev–Trinajstić information content (AvgIpc) is 3.21. The number of rotatable bonds is 4. The summed E-state index contributed by atoms with van der Waals surface area (Å²) in [5.74, 6) is 1.63. The molecule has 0 radical (unpaired) electrons. The minimum atomic E-state index is -0.360. The lowest BCUT2D eigenvalue weighted by Crippen LogP contribution is -2.42. The molecule has 0 unspecified atom stereocenters. The SMILES string of the molecule is CC(=O)NCc1ccc(C(=O)N2CCO[C@H](c3n[nH]c(C)n3)C2)o1. The highest BCUT2D eigenvalue weighted by Gasteiger charge is 2.29. The quantitative estimate of drug-likeness (QED) is 0.845. The first-order chi connectivity index (χ1) is 11.5. The number of carbonyl (C=O) groups is 2. The Morgan fingerprint density at radius 2 is 2.29 bits per heavy atom. The van der Waals surface area contributed by atoms with Crippen molar-refractivity contribution in [1.82, 2.24) is 25.4 Å². The fourth-order valence-electron chi connectivity index (χ4n) is 2.45. The van der Waals surface area contributed by atoms with Gasteiger partial charge in [0.05, 0.1) is 19.7 Å². The number of H-pyrrole nitrogens is 1. The molecular formula is C15H19N5O4. The molecule has 2 N–H and O–H groups in total. The Morgan fingerprint density at radius 3 is 3.00 bits per heavy atom. The van der Waals surface area contributed by atoms with Crippen LogP contribution in [0.1, 0.15) is 41.0 Å². The number of hydrogen-bond donors (Lipinski definition) is 2. The monoisotopic (exact) mass is 333 g/mol. The van der Waals surface area contributed by atoms with Gasteiger partial charge in [-0.1, -0.05) is 0 Å². The molecule has 0 aliphatic carbocycles. The van der Waals surface area contributed by atoms with Crippen molar-refractivity contribution in [3.8, 4) is 0 Å². The molecule has 2 aromatic heterocycles. The fourth-order valence-corrected chi connectivity index (χ4v) is 2.45. The number of aryl methyl sites for hydroxylation is 1. The highest BCUT2D eigenvalue weighted by atomic mass is 16.5. The number of furan rings is 1. The topological polar surface area (TPSA) is 113 Å². The van der Waals surface area contributed by atoms with Crippen molar-refractivity contribution in [2.75, 3.05) is 19.7 Å². The first kappa shape index (κ1) is 16.2. The van der Waals surface area contributed by atoms with Gasteiger partial charge in [-0.05, 0) is 19.1 Å². The van der Waals surface area contributed by atoms with Gasteiger partial charge in [0.2, 0.25) is 5.91 Å². The van der Waals surface area contributed by atoms with Gasteiger partial charge in [0.1, 0.15) is 17.7 Å². The maximum atomic E-state index is 12.6. The van der Waals surface area contributed by atoms with E-state index in [0.717, 1.165) is 0 Å². The third-order valence-corrected chi connectivity index (χ3v) is 3.64. The van der Waals surface area contributed by atoms with E-state index in [2.05, 4.69) is 20.5 Å². The fraction of sp³-hybridized carbons (Fsp3) is 0.467. The zero-order valence-electron chi connectivity index (χ0n) is 13.5. The summed E-state index contributed by atoms with van der Waals surface area (Å²) < 4.78 is 11.2. The van der Waals surface area contributed by atoms with Crippen LogP contribution in [0.3, 0.4) is 0 Å². The molecule has 2 aromatic rings. The van der Waals surface area contributed by atoms with Crippen LogP contribution in [0.15, 0.2) is 16.5 Å². The average molecular weight is 333 g/mol. The molecule has 24 heavy (non-hydrogen) atoms. The summed E-state index contributed by atoms with van der Waals surface area (Å²) in [5.41, 5.74) is 0. The van der Waals surface area contributed by atoms with Gasteiger partial charge in [0.25, 0.3) is 5.91 Å². The number of morpholine rings is 1. The van der Waals surface area contributed by atoms with E-state index in [1.54, 1.807) is 17.0 Å². The van der Waals surface area contributed by atoms with Gasteiger partial charge < -0.3 is 19.4 Å². The summed E-state index contributed by atoms with van der Waals surface area (Å²) in [5, 5.41) is 9.49. The van der Waals surface area contributed by atoms with Crippen molar-refractivity contribution in [3.05, 3.63) is 35.3 Å². The number of amides is 2. The zero-order chi connectivity index (χ0) is 17.1. The lowest BCUT2D eigenvalue weighted by Gasteiger charge is -2.31. The van der Waals surface area contributed by atoms with Crippen molar-refractivity contribution in [2.45, 2.75) is 26.5 Å². The molecule has 9 nitrogen and oxygen atoms in total. The molecule has 9 heteroatoms. The van der Waals surface area contributed by atoms with Gasteiger partial charge in [-0.25, -0.2) is 4.98 Å². The van der Waals surface area contributed by atoms with Crippen molar-refractivity contribution in [2.24, 2.45) is 0 Å². The van der Waals surface area contributed by atoms with Crippen molar-refractivity contribution < 1.29 is 18.7 Å². The highest BCUT2D eigenvalue weighted by Crippen LogP contribution is 2.21. The minimum Gasteiger partial charge on any atom is -0.454 e. The van der Waals surface area contributed by atoms with Gasteiger partial charge in [-0.3, -0.25) is 14.7 Å². The Balaban J connectivity index is 1.65. The summed E-state index contributed by atoms with van der Waals surface area (Å²) in [6, 6.07) is 3.29. The van der Waals surface area contributed by atoms with Gasteiger partial charge in [-0.2, -0.15) is 5.10 Å². The van der Waals surface area contributed by atoms with Crippen molar-refractivity contribution in [3.63, 3.8) is 0 Å². The van der Waals surface area contributed by atoms with E-state index in [-0.39, 0.29) is 30.2 Å². The number of nitrogens with one attached hydrogen (secondary N) is 2. The van der Waals surface area contributed by atoms with E-state index < -0.39 is 0 Å². The predicted octanol–water partition coefficient (Wildman–Crippen LogP) is 0.556. The maximum absolute atomic E-state index is 12.6. The van der Waals surface area contributed by atoms with E-state index in [0.29, 0.717) is 37.1 Å². The Bertz CT molecular complexity index is 738. The minimum absolute atomic E-state index is 0.155. The predicted molar refractivity (Wildman–Crippen MR) is 81.9 cm³/mol. The summed E-state index contributed by atoms with van der Waals surface area (Å²) in [7, 11) is 0. The van der Waals surface area contributed by atoms with E-state index in [1.165, 1.54) is 6.92 Å². The number of aromatic nitrogens is 3. The van der Waals surface area contributed by atoms with Crippen molar-refractivity contribution >= 4 is 11.8 Å². The molecular weight excluding hydrogens is 314 g/mol. The van der Waals surface area contributed by atoms with Crippen LogP contribution in [0.25, 0.3) is 0 Å². The third-order valence-electron chi connectivity index (χ3n) is 3.64. The lowest BCUT2D eigenvalue weighted by atomic mass is 10.2. The zero-order valence-corrected chi connectivity index (χ0v) is 13.5. The normalized spacial score (nSPS) is 17.8. The van der Waals surface area contributed by atoms with E-state index in [4.69, 9.17) is 9.15 Å². The van der Waals surface area contributed by atoms with Gasteiger partial charge in [0.15, 0.2) is 11.6 Å². The Hall–Kier alpha value is -2.68. The van der Waals surface area contributed by atoms with Crippen LogP contribution in [0.5, 0.6) is 0 Å². The lowest BCUT2D eigenvalue weighted by molar-refractivity contribution is -0.119. The van der Waals surface area contributed by atoms with E-state index in [9.17, 15) is 9.59 Å². The molecule has 3 rings (SSSR count). The first-order valence-electron chi connectivity index (χ1n) is 7.66. The summed E-state index contributed by atoms with van der Waals surface area (Å²) >= 11 is 0. The second-order valence-corrected chi connectivity index (χ2v) is 5.57. The molecule has 1 saturated heterocycles. The van der Waals surface area contributed by atoms with Crippen molar-refractivity contribution in [1.29, 1.82) is 0 Å². The molecule has 0 aromatic carbocycles. The first-order valence-corrected chi connectivity index (χ1v) is 7.66. The molecule has 128 valence electrons. The number of hydrogen-bond acceptors (Lipinski definition) is 6. The number of carbonyl (C=O) groups excluding carboxylic acids is 2. The third kappa shape index (κ3) is 3.62. The molecule has 0 bridgehead atoms. The van der Waals surface area contributed by atoms with Crippen LogP contribution in [-0.2, 0) is 16.1 Å². The van der Waals surface area contributed by atoms with Crippen LogP contribution in [-0.4, -0.2) is 51.6 Å². The van der Waals surface area contributed by atoms with E-state index in [1.807, 2.05) is 6.92 Å². The van der Waals surface area contributed by atoms with Gasteiger partial charge in [0, 0.05) is 13.5 Å². The smallest absolute Gasteiger partial charge is 0.289 e. The highest BCUT2D eigenvalue weighted by molar-refractivity contribution is 5.91. The van der Waals surface area contributed by atoms with Crippen LogP contribution >= 0.6 is 0 Å². The summed E-state index contributed by atoms with van der Waals surface area (Å²) in [6.07, 6.45) is -0.360. The summed E-state index contributed by atoms with van der Waals surface area (Å²) in [6.45, 7) is 4.72. The molecule has 1 fully saturated rings.